The Hall–Kier alpha value is -4.80. The Kier molecular flexibility index (Phi) is 5.34. The molecule has 0 spiro atoms. The molecule has 0 saturated heterocycles. The molecule has 4 heterocycles. The Bertz CT molecular complexity index is 1490. The largest absolute Gasteiger partial charge is 0.494 e. The standard InChI is InChI=1S/C23H18FN7O3/c1-33-19-9-16(5-6-17(19)24)31-13-27-29-22(31)15-4-8-21-26-11-18(30(21)12-15)14-3-7-20(25-10-14)28-23(32)34-2/h3-13H,1-2H3,(H,25,28,32). The van der Waals surface area contributed by atoms with E-state index in [1.54, 1.807) is 41.5 Å². The van der Waals surface area contributed by atoms with Crippen LogP contribution in [0.5, 0.6) is 5.75 Å². The van der Waals surface area contributed by atoms with Gasteiger partial charge in [-0.25, -0.2) is 19.2 Å². The van der Waals surface area contributed by atoms with Crippen molar-refractivity contribution in [1.82, 2.24) is 29.1 Å². The maximum atomic E-state index is 13.9. The van der Waals surface area contributed by atoms with E-state index in [-0.39, 0.29) is 5.75 Å². The predicted octanol–water partition coefficient (Wildman–Crippen LogP) is 3.97. The lowest BCUT2D eigenvalue weighted by Crippen LogP contribution is -2.11. The molecule has 0 bridgehead atoms. The Labute approximate surface area is 192 Å². The molecular formula is C23H18FN7O3. The first-order valence-electron chi connectivity index (χ1n) is 10.1. The van der Waals surface area contributed by atoms with Gasteiger partial charge in [-0.3, -0.25) is 14.3 Å². The Morgan fingerprint density at radius 2 is 1.88 bits per heavy atom. The zero-order valence-electron chi connectivity index (χ0n) is 18.1. The summed E-state index contributed by atoms with van der Waals surface area (Å²) in [6.07, 6.45) is 6.22. The first kappa shape index (κ1) is 21.1. The first-order chi connectivity index (χ1) is 16.6. The van der Waals surface area contributed by atoms with Gasteiger partial charge in [-0.2, -0.15) is 0 Å². The number of benzene rings is 1. The molecule has 0 aliphatic heterocycles. The highest BCUT2D eigenvalue weighted by Crippen LogP contribution is 2.27. The van der Waals surface area contributed by atoms with Gasteiger partial charge in [-0.1, -0.05) is 0 Å². The maximum Gasteiger partial charge on any atom is 0.412 e. The number of fused-ring (bicyclic) bond motifs is 1. The molecule has 1 N–H and O–H groups in total. The minimum Gasteiger partial charge on any atom is -0.494 e. The molecule has 0 radical (unpaired) electrons. The molecule has 0 aliphatic rings. The number of anilines is 1. The van der Waals surface area contributed by atoms with E-state index in [0.717, 1.165) is 22.5 Å². The van der Waals surface area contributed by atoms with Crippen LogP contribution in [0.3, 0.4) is 0 Å². The van der Waals surface area contributed by atoms with Crippen LogP contribution in [-0.2, 0) is 4.74 Å². The minimum absolute atomic E-state index is 0.127. The fourth-order valence-electron chi connectivity index (χ4n) is 3.52. The number of hydrogen-bond donors (Lipinski definition) is 1. The van der Waals surface area contributed by atoms with E-state index in [1.165, 1.54) is 20.3 Å². The molecule has 11 heteroatoms. The number of halogens is 1. The van der Waals surface area contributed by atoms with Gasteiger partial charge >= 0.3 is 6.09 Å². The SMILES string of the molecule is COC(=O)Nc1ccc(-c2cnc3ccc(-c4nncn4-c4ccc(F)c(OC)c4)cn23)cn1. The van der Waals surface area contributed by atoms with E-state index in [1.807, 2.05) is 28.8 Å². The molecule has 0 unspecified atom stereocenters. The third kappa shape index (κ3) is 3.79. The molecule has 0 aliphatic carbocycles. The van der Waals surface area contributed by atoms with Gasteiger partial charge in [0.2, 0.25) is 0 Å². The average molecular weight is 459 g/mol. The quantitative estimate of drug-likeness (QED) is 0.424. The van der Waals surface area contributed by atoms with E-state index in [4.69, 9.17) is 4.74 Å². The molecule has 0 saturated carbocycles. The summed E-state index contributed by atoms with van der Waals surface area (Å²) in [5, 5.41) is 10.8. The summed E-state index contributed by atoms with van der Waals surface area (Å²) in [5.74, 6) is 0.604. The molecule has 1 amide bonds. The van der Waals surface area contributed by atoms with E-state index in [0.29, 0.717) is 17.3 Å². The van der Waals surface area contributed by atoms with Crippen molar-refractivity contribution in [3.63, 3.8) is 0 Å². The zero-order chi connectivity index (χ0) is 23.7. The van der Waals surface area contributed by atoms with Crippen LogP contribution in [0.15, 0.2) is 67.4 Å². The second kappa shape index (κ2) is 8.62. The van der Waals surface area contributed by atoms with E-state index >= 15 is 0 Å². The summed E-state index contributed by atoms with van der Waals surface area (Å²) in [6.45, 7) is 0. The number of nitrogens with one attached hydrogen (secondary N) is 1. The van der Waals surface area contributed by atoms with Crippen LogP contribution in [-0.4, -0.2) is 49.4 Å². The van der Waals surface area contributed by atoms with Crippen molar-refractivity contribution >= 4 is 17.6 Å². The van der Waals surface area contributed by atoms with Crippen molar-refractivity contribution in [1.29, 1.82) is 0 Å². The molecule has 34 heavy (non-hydrogen) atoms. The van der Waals surface area contributed by atoms with Crippen LogP contribution in [0.4, 0.5) is 15.0 Å². The number of methoxy groups -OCH3 is 2. The monoisotopic (exact) mass is 459 g/mol. The zero-order valence-corrected chi connectivity index (χ0v) is 18.1. The predicted molar refractivity (Wildman–Crippen MR) is 121 cm³/mol. The summed E-state index contributed by atoms with van der Waals surface area (Å²) in [4.78, 5) is 20.1. The molecule has 4 aromatic heterocycles. The smallest absolute Gasteiger partial charge is 0.412 e. The highest BCUT2D eigenvalue weighted by atomic mass is 19.1. The number of carbonyl (C=O) groups excluding carboxylic acids is 1. The number of pyridine rings is 2. The maximum absolute atomic E-state index is 13.9. The number of imidazole rings is 1. The topological polar surface area (TPSA) is 108 Å². The number of amides is 1. The molecule has 5 rings (SSSR count). The van der Waals surface area contributed by atoms with Gasteiger partial charge < -0.3 is 9.47 Å². The van der Waals surface area contributed by atoms with Gasteiger partial charge in [0.1, 0.15) is 17.8 Å². The number of aromatic nitrogens is 6. The highest BCUT2D eigenvalue weighted by Gasteiger charge is 2.14. The Morgan fingerprint density at radius 3 is 2.65 bits per heavy atom. The van der Waals surface area contributed by atoms with Gasteiger partial charge in [0, 0.05) is 29.6 Å². The molecule has 0 fully saturated rings. The normalized spacial score (nSPS) is 10.9. The molecular weight excluding hydrogens is 441 g/mol. The van der Waals surface area contributed by atoms with Gasteiger partial charge in [0.25, 0.3) is 0 Å². The summed E-state index contributed by atoms with van der Waals surface area (Å²) in [6, 6.07) is 11.8. The van der Waals surface area contributed by atoms with Crippen LogP contribution in [0.2, 0.25) is 0 Å². The van der Waals surface area contributed by atoms with Crippen LogP contribution in [0, 0.1) is 5.82 Å². The number of carbonyl (C=O) groups is 1. The van der Waals surface area contributed by atoms with Crippen LogP contribution in [0.25, 0.3) is 34.0 Å². The summed E-state index contributed by atoms with van der Waals surface area (Å²) in [7, 11) is 2.70. The summed E-state index contributed by atoms with van der Waals surface area (Å²) >= 11 is 0. The second-order valence-electron chi connectivity index (χ2n) is 7.18. The minimum atomic E-state index is -0.595. The van der Waals surface area contributed by atoms with Crippen molar-refractivity contribution in [3.05, 3.63) is 73.2 Å². The fraction of sp³-hybridized carbons (Fsp3) is 0.0870. The third-order valence-electron chi connectivity index (χ3n) is 5.20. The summed E-state index contributed by atoms with van der Waals surface area (Å²) in [5.41, 5.74) is 3.74. The molecule has 0 atom stereocenters. The van der Waals surface area contributed by atoms with Crippen molar-refractivity contribution < 1.29 is 18.7 Å². The van der Waals surface area contributed by atoms with Crippen molar-refractivity contribution in [2.75, 3.05) is 19.5 Å². The second-order valence-corrected chi connectivity index (χ2v) is 7.18. The van der Waals surface area contributed by atoms with Gasteiger partial charge in [0.15, 0.2) is 17.4 Å². The molecule has 5 aromatic rings. The highest BCUT2D eigenvalue weighted by molar-refractivity contribution is 5.83. The van der Waals surface area contributed by atoms with Crippen LogP contribution in [0.1, 0.15) is 0 Å². The van der Waals surface area contributed by atoms with Gasteiger partial charge in [0.05, 0.1) is 31.8 Å². The fourth-order valence-corrected chi connectivity index (χ4v) is 3.52. The number of rotatable bonds is 5. The lowest BCUT2D eigenvalue weighted by molar-refractivity contribution is 0.187. The van der Waals surface area contributed by atoms with E-state index in [9.17, 15) is 9.18 Å². The molecule has 1 aromatic carbocycles. The van der Waals surface area contributed by atoms with Gasteiger partial charge in [-0.05, 0) is 36.4 Å². The first-order valence-corrected chi connectivity index (χ1v) is 10.1. The van der Waals surface area contributed by atoms with Crippen molar-refractivity contribution in [3.8, 4) is 34.1 Å². The number of ether oxygens (including phenoxy) is 2. The molecule has 10 nitrogen and oxygen atoms in total. The average Bonchev–Trinajstić information content (AvgIpc) is 3.52. The molecule has 170 valence electrons. The number of hydrogen-bond acceptors (Lipinski definition) is 7. The van der Waals surface area contributed by atoms with Crippen molar-refractivity contribution in [2.24, 2.45) is 0 Å². The van der Waals surface area contributed by atoms with E-state index in [2.05, 4.69) is 30.2 Å². The van der Waals surface area contributed by atoms with Crippen LogP contribution >= 0.6 is 0 Å². The summed E-state index contributed by atoms with van der Waals surface area (Å²) < 4.78 is 27.2. The third-order valence-corrected chi connectivity index (χ3v) is 5.20. The van der Waals surface area contributed by atoms with Gasteiger partial charge in [-0.15, -0.1) is 10.2 Å². The Morgan fingerprint density at radius 1 is 1.03 bits per heavy atom. The van der Waals surface area contributed by atoms with Crippen molar-refractivity contribution in [2.45, 2.75) is 0 Å². The number of nitrogens with zero attached hydrogens (tertiary/aromatic N) is 6. The van der Waals surface area contributed by atoms with E-state index < -0.39 is 11.9 Å². The lowest BCUT2D eigenvalue weighted by Gasteiger charge is -2.10. The lowest BCUT2D eigenvalue weighted by atomic mass is 10.2. The van der Waals surface area contributed by atoms with Crippen LogP contribution < -0.4 is 10.1 Å². The Balaban J connectivity index is 1.53.